The molecule has 5 nitrogen and oxygen atoms in total. The number of carbonyl (C=O) groups is 1. The number of likely N-dealkylation sites (N-methyl/N-ethyl adjacent to an activating group) is 1. The molecule has 0 N–H and O–H groups in total. The van der Waals surface area contributed by atoms with Gasteiger partial charge in [0, 0.05) is 39.9 Å². The van der Waals surface area contributed by atoms with Crippen LogP contribution in [0.5, 0.6) is 0 Å². The van der Waals surface area contributed by atoms with Crippen molar-refractivity contribution in [2.24, 2.45) is 5.11 Å². The van der Waals surface area contributed by atoms with Gasteiger partial charge < -0.3 is 0 Å². The van der Waals surface area contributed by atoms with Crippen molar-refractivity contribution >= 4 is 47.1 Å². The minimum absolute atomic E-state index is 0. The normalized spacial score (nSPS) is 10.8. The summed E-state index contributed by atoms with van der Waals surface area (Å²) in [6.45, 7) is 5.21. The third kappa shape index (κ3) is 7.63. The van der Waals surface area contributed by atoms with Crippen molar-refractivity contribution in [1.29, 1.82) is 0 Å². The number of azide groups is 1. The summed E-state index contributed by atoms with van der Waals surface area (Å²) in [5.41, 5.74) is 12.8. The van der Waals surface area contributed by atoms with Gasteiger partial charge in [-0.15, -0.1) is 12.4 Å². The number of hydrogen-bond donors (Lipinski definition) is 0. The van der Waals surface area contributed by atoms with Crippen LogP contribution in [0.1, 0.15) is 16.7 Å². The monoisotopic (exact) mass is 478 g/mol. The predicted octanol–water partition coefficient (Wildman–Crippen LogP) is 7.50. The molecule has 0 aliphatic rings. The van der Waals surface area contributed by atoms with Crippen LogP contribution in [0.15, 0.2) is 96.1 Å². The average molecular weight is 479 g/mol. The highest BCUT2D eigenvalue weighted by Crippen LogP contribution is 2.25. The summed E-state index contributed by atoms with van der Waals surface area (Å²) in [4.78, 5) is 18.3. The van der Waals surface area contributed by atoms with Gasteiger partial charge in [-0.3, -0.25) is 9.69 Å². The molecule has 0 spiro atoms. The second kappa shape index (κ2) is 12.6. The van der Waals surface area contributed by atoms with Crippen LogP contribution >= 0.6 is 24.0 Å². The summed E-state index contributed by atoms with van der Waals surface area (Å²) >= 11 is 6.00. The quantitative estimate of drug-likeness (QED) is 0.105. The minimum atomic E-state index is -0.142. The van der Waals surface area contributed by atoms with Gasteiger partial charge in [-0.1, -0.05) is 90.0 Å². The number of Topliss-reactive ketones (excluding diaryl/α,β-unsaturated/α-hetero) is 1. The molecule has 0 fully saturated rings. The molecule has 33 heavy (non-hydrogen) atoms. The molecule has 0 bridgehead atoms. The highest BCUT2D eigenvalue weighted by Gasteiger charge is 2.17. The predicted molar refractivity (Wildman–Crippen MR) is 139 cm³/mol. The smallest absolute Gasteiger partial charge is 0.190 e. The van der Waals surface area contributed by atoms with Crippen LogP contribution in [0.3, 0.4) is 0 Å². The van der Waals surface area contributed by atoms with Crippen molar-refractivity contribution in [2.75, 3.05) is 13.6 Å². The molecule has 0 radical (unpaired) electrons. The first-order valence-electron chi connectivity index (χ1n) is 10.0. The molecule has 3 aromatic carbocycles. The lowest BCUT2D eigenvalue weighted by Crippen LogP contribution is -2.23. The molecular formula is C26H24Cl2N4O. The zero-order valence-electron chi connectivity index (χ0n) is 18.2. The summed E-state index contributed by atoms with van der Waals surface area (Å²) in [5, 5.41) is 4.22. The van der Waals surface area contributed by atoms with E-state index in [2.05, 4.69) is 33.6 Å². The van der Waals surface area contributed by atoms with Crippen molar-refractivity contribution < 1.29 is 4.79 Å². The van der Waals surface area contributed by atoms with Crippen molar-refractivity contribution in [1.82, 2.24) is 4.90 Å². The van der Waals surface area contributed by atoms with Gasteiger partial charge in [-0.2, -0.15) is 0 Å². The topological polar surface area (TPSA) is 69.1 Å². The van der Waals surface area contributed by atoms with Crippen molar-refractivity contribution in [3.8, 4) is 0 Å². The fourth-order valence-electron chi connectivity index (χ4n) is 3.30. The van der Waals surface area contributed by atoms with E-state index in [4.69, 9.17) is 17.1 Å². The number of carbonyl (C=O) groups excluding carboxylic acids is 1. The van der Waals surface area contributed by atoms with E-state index in [1.54, 1.807) is 36.4 Å². The summed E-state index contributed by atoms with van der Waals surface area (Å²) in [7, 11) is 1.96. The Kier molecular flexibility index (Phi) is 9.92. The van der Waals surface area contributed by atoms with E-state index in [9.17, 15) is 4.79 Å². The first-order valence-corrected chi connectivity index (χ1v) is 10.4. The van der Waals surface area contributed by atoms with Gasteiger partial charge in [0.05, 0.1) is 0 Å². The van der Waals surface area contributed by atoms with Crippen molar-refractivity contribution in [3.05, 3.63) is 123 Å². The van der Waals surface area contributed by atoms with E-state index in [-0.39, 0.29) is 18.2 Å². The Hall–Kier alpha value is -3.34. The Morgan fingerprint density at radius 1 is 1.06 bits per heavy atom. The number of rotatable bonds is 9. The van der Waals surface area contributed by atoms with E-state index in [1.807, 2.05) is 43.5 Å². The van der Waals surface area contributed by atoms with E-state index in [0.717, 1.165) is 5.56 Å². The van der Waals surface area contributed by atoms with Gasteiger partial charge in [0.15, 0.2) is 5.78 Å². The fourth-order valence-corrected chi connectivity index (χ4v) is 3.43. The van der Waals surface area contributed by atoms with Gasteiger partial charge in [0.1, 0.15) is 0 Å². The molecule has 0 aliphatic heterocycles. The Morgan fingerprint density at radius 2 is 1.70 bits per heavy atom. The molecular weight excluding hydrogens is 455 g/mol. The van der Waals surface area contributed by atoms with Gasteiger partial charge >= 0.3 is 0 Å². The highest BCUT2D eigenvalue weighted by molar-refractivity contribution is 6.32. The largest absolute Gasteiger partial charge is 0.298 e. The molecule has 0 aromatic heterocycles. The SMILES string of the molecule is C=C(CN(C)Cc1ccccc1)C(=O)/C(=C/c1ccc(Cl)cc1)c1ccc(N=[N+]=[N-])cc1.Cl. The number of ketones is 1. The molecule has 3 aromatic rings. The molecule has 7 heteroatoms. The summed E-state index contributed by atoms with van der Waals surface area (Å²) in [5.74, 6) is -0.142. The van der Waals surface area contributed by atoms with E-state index < -0.39 is 0 Å². The van der Waals surface area contributed by atoms with Crippen molar-refractivity contribution in [2.45, 2.75) is 6.54 Å². The third-order valence-electron chi connectivity index (χ3n) is 4.84. The molecule has 0 saturated heterocycles. The Bertz CT molecular complexity index is 1170. The summed E-state index contributed by atoms with van der Waals surface area (Å²) in [6, 6.07) is 24.3. The van der Waals surface area contributed by atoms with Crippen LogP contribution in [0, 0.1) is 0 Å². The number of allylic oxidation sites excluding steroid dienone is 1. The van der Waals surface area contributed by atoms with E-state index in [1.165, 1.54) is 5.56 Å². The molecule has 0 atom stereocenters. The first kappa shape index (κ1) is 25.9. The summed E-state index contributed by atoms with van der Waals surface area (Å²) < 4.78 is 0. The van der Waals surface area contributed by atoms with Gasteiger partial charge in [0.25, 0.3) is 0 Å². The Labute approximate surface area is 205 Å². The molecule has 0 aliphatic carbocycles. The maximum atomic E-state index is 13.4. The van der Waals surface area contributed by atoms with Crippen LogP contribution in [-0.2, 0) is 11.3 Å². The second-order valence-electron chi connectivity index (χ2n) is 7.44. The number of halogens is 2. The lowest BCUT2D eigenvalue weighted by molar-refractivity contribution is -0.110. The van der Waals surface area contributed by atoms with Gasteiger partial charge in [-0.05, 0) is 47.5 Å². The number of nitrogens with zero attached hydrogens (tertiary/aromatic N) is 4. The molecule has 0 unspecified atom stereocenters. The lowest BCUT2D eigenvalue weighted by atomic mass is 9.94. The van der Waals surface area contributed by atoms with Crippen LogP contribution < -0.4 is 0 Å². The molecule has 3 rings (SSSR count). The van der Waals surface area contributed by atoms with Crippen LogP contribution in [-0.4, -0.2) is 24.3 Å². The zero-order valence-corrected chi connectivity index (χ0v) is 19.8. The zero-order chi connectivity index (χ0) is 22.9. The summed E-state index contributed by atoms with van der Waals surface area (Å²) in [6.07, 6.45) is 1.82. The Morgan fingerprint density at radius 3 is 2.30 bits per heavy atom. The van der Waals surface area contributed by atoms with Crippen LogP contribution in [0.25, 0.3) is 22.1 Å². The molecule has 0 amide bonds. The standard InChI is InChI=1S/C26H23ClN4O.ClH/c1-19(17-31(2)18-21-6-4-3-5-7-21)26(32)25(16-20-8-12-23(27)13-9-20)22-10-14-24(15-11-22)29-30-28;/h3-16H,1,17-18H2,2H3;1H/b25-16+;. The van der Waals surface area contributed by atoms with Gasteiger partial charge in [-0.25, -0.2) is 0 Å². The maximum Gasteiger partial charge on any atom is 0.190 e. The van der Waals surface area contributed by atoms with Crippen molar-refractivity contribution in [3.63, 3.8) is 0 Å². The number of benzene rings is 3. The van der Waals surface area contributed by atoms with Crippen LogP contribution in [0.4, 0.5) is 5.69 Å². The lowest BCUT2D eigenvalue weighted by Gasteiger charge is -2.18. The average Bonchev–Trinajstić information content (AvgIpc) is 2.79. The van der Waals surface area contributed by atoms with Gasteiger partial charge in [0.2, 0.25) is 0 Å². The first-order chi connectivity index (χ1) is 15.5. The third-order valence-corrected chi connectivity index (χ3v) is 5.09. The van der Waals surface area contributed by atoms with E-state index >= 15 is 0 Å². The second-order valence-corrected chi connectivity index (χ2v) is 7.87. The minimum Gasteiger partial charge on any atom is -0.298 e. The molecule has 168 valence electrons. The van der Waals surface area contributed by atoms with E-state index in [0.29, 0.717) is 40.5 Å². The van der Waals surface area contributed by atoms with Crippen LogP contribution in [0.2, 0.25) is 5.02 Å². The maximum absolute atomic E-state index is 13.4. The Balaban J connectivity index is 0.00000385. The number of hydrogen-bond acceptors (Lipinski definition) is 3. The molecule has 0 heterocycles. The highest BCUT2D eigenvalue weighted by atomic mass is 35.5. The molecule has 0 saturated carbocycles. The fraction of sp³-hybridized carbons (Fsp3) is 0.115.